The van der Waals surface area contributed by atoms with Crippen LogP contribution in [0, 0.1) is 18.3 Å². The van der Waals surface area contributed by atoms with Crippen molar-refractivity contribution in [3.8, 4) is 6.07 Å². The molecule has 2 rings (SSSR count). The van der Waals surface area contributed by atoms with E-state index in [1.807, 2.05) is 25.1 Å². The molecule has 0 bridgehead atoms. The van der Waals surface area contributed by atoms with E-state index in [4.69, 9.17) is 9.78 Å². The van der Waals surface area contributed by atoms with Crippen LogP contribution in [-0.2, 0) is 6.54 Å². The van der Waals surface area contributed by atoms with Crippen LogP contribution in [0.2, 0.25) is 0 Å². The van der Waals surface area contributed by atoms with Gasteiger partial charge in [-0.05, 0) is 25.1 Å². The Morgan fingerprint density at radius 1 is 1.47 bits per heavy atom. The van der Waals surface area contributed by atoms with Crippen molar-refractivity contribution in [3.05, 3.63) is 45.8 Å². The van der Waals surface area contributed by atoms with Crippen molar-refractivity contribution >= 4 is 21.6 Å². The van der Waals surface area contributed by atoms with Crippen LogP contribution >= 0.6 is 15.9 Å². The topological polar surface area (TPSA) is 61.9 Å². The average Bonchev–Trinajstić information content (AvgIpc) is 2.73. The molecule has 86 valence electrons. The van der Waals surface area contributed by atoms with E-state index in [9.17, 15) is 0 Å². The maximum Gasteiger partial charge on any atom is 0.133 e. The highest BCUT2D eigenvalue weighted by molar-refractivity contribution is 9.10. The molecule has 0 saturated heterocycles. The summed E-state index contributed by atoms with van der Waals surface area (Å²) >= 11 is 3.37. The first-order chi connectivity index (χ1) is 8.19. The molecule has 0 spiro atoms. The summed E-state index contributed by atoms with van der Waals surface area (Å²) in [4.78, 5) is 0. The van der Waals surface area contributed by atoms with E-state index in [2.05, 4.69) is 32.5 Å². The Labute approximate surface area is 107 Å². The van der Waals surface area contributed by atoms with Gasteiger partial charge in [0.05, 0.1) is 17.8 Å². The summed E-state index contributed by atoms with van der Waals surface area (Å²) in [7, 11) is 0. The number of nitrogens with one attached hydrogen (secondary N) is 1. The van der Waals surface area contributed by atoms with Gasteiger partial charge in [-0.25, -0.2) is 0 Å². The number of nitriles is 1. The molecule has 0 aliphatic heterocycles. The number of aromatic nitrogens is 1. The van der Waals surface area contributed by atoms with Crippen molar-refractivity contribution in [2.45, 2.75) is 13.5 Å². The van der Waals surface area contributed by atoms with Crippen LogP contribution < -0.4 is 5.32 Å². The minimum Gasteiger partial charge on any atom is -0.378 e. The molecule has 1 aromatic carbocycles. The predicted octanol–water partition coefficient (Wildman–Crippen LogP) is 3.23. The second-order valence-corrected chi connectivity index (χ2v) is 4.50. The van der Waals surface area contributed by atoms with Gasteiger partial charge in [-0.1, -0.05) is 21.1 Å². The minimum absolute atomic E-state index is 0.530. The standard InChI is InChI=1S/C12H10BrN3O/c1-8-4-11(16-17-8)7-15-12-5-10(13)3-2-9(12)6-14/h2-5,15H,7H2,1H3. The van der Waals surface area contributed by atoms with Gasteiger partial charge in [0.25, 0.3) is 0 Å². The number of nitrogens with zero attached hydrogens (tertiary/aromatic N) is 2. The Bertz CT molecular complexity index is 571. The third-order valence-electron chi connectivity index (χ3n) is 2.24. The van der Waals surface area contributed by atoms with Crippen molar-refractivity contribution in [2.75, 3.05) is 5.32 Å². The Balaban J connectivity index is 2.13. The molecule has 0 saturated carbocycles. The molecule has 4 nitrogen and oxygen atoms in total. The van der Waals surface area contributed by atoms with Crippen LogP contribution in [-0.4, -0.2) is 5.16 Å². The third kappa shape index (κ3) is 2.86. The maximum absolute atomic E-state index is 8.97. The number of benzene rings is 1. The van der Waals surface area contributed by atoms with Gasteiger partial charge in [0.1, 0.15) is 17.5 Å². The number of halogens is 1. The number of hydrogen-bond donors (Lipinski definition) is 1. The highest BCUT2D eigenvalue weighted by atomic mass is 79.9. The summed E-state index contributed by atoms with van der Waals surface area (Å²) < 4.78 is 5.90. The lowest BCUT2D eigenvalue weighted by atomic mass is 10.2. The van der Waals surface area contributed by atoms with Gasteiger partial charge in [-0.2, -0.15) is 5.26 Å². The fourth-order valence-electron chi connectivity index (χ4n) is 1.45. The minimum atomic E-state index is 0.530. The van der Waals surface area contributed by atoms with Gasteiger partial charge >= 0.3 is 0 Å². The van der Waals surface area contributed by atoms with Gasteiger partial charge in [-0.15, -0.1) is 0 Å². The van der Waals surface area contributed by atoms with E-state index < -0.39 is 0 Å². The van der Waals surface area contributed by atoms with Gasteiger partial charge < -0.3 is 9.84 Å². The Kier molecular flexibility index (Phi) is 3.45. The zero-order valence-corrected chi connectivity index (χ0v) is 10.8. The molecule has 0 fully saturated rings. The zero-order valence-electron chi connectivity index (χ0n) is 9.20. The zero-order chi connectivity index (χ0) is 12.3. The number of anilines is 1. The highest BCUT2D eigenvalue weighted by Crippen LogP contribution is 2.21. The fraction of sp³-hybridized carbons (Fsp3) is 0.167. The van der Waals surface area contributed by atoms with Crippen molar-refractivity contribution in [2.24, 2.45) is 0 Å². The first-order valence-corrected chi connectivity index (χ1v) is 5.84. The smallest absolute Gasteiger partial charge is 0.133 e. The molecule has 0 atom stereocenters. The quantitative estimate of drug-likeness (QED) is 0.943. The van der Waals surface area contributed by atoms with Crippen molar-refractivity contribution in [1.29, 1.82) is 5.26 Å². The molecular formula is C12H10BrN3O. The number of hydrogen-bond acceptors (Lipinski definition) is 4. The predicted molar refractivity (Wildman–Crippen MR) is 67.4 cm³/mol. The molecule has 1 heterocycles. The number of rotatable bonds is 3. The van der Waals surface area contributed by atoms with Crippen molar-refractivity contribution < 1.29 is 4.52 Å². The summed E-state index contributed by atoms with van der Waals surface area (Å²) in [5, 5.41) is 16.0. The second-order valence-electron chi connectivity index (χ2n) is 3.58. The lowest BCUT2D eigenvalue weighted by Gasteiger charge is -2.06. The SMILES string of the molecule is Cc1cc(CNc2cc(Br)ccc2C#N)no1. The Morgan fingerprint density at radius 3 is 2.94 bits per heavy atom. The van der Waals surface area contributed by atoms with Crippen molar-refractivity contribution in [1.82, 2.24) is 5.16 Å². The summed E-state index contributed by atoms with van der Waals surface area (Å²) in [6, 6.07) is 9.46. The largest absolute Gasteiger partial charge is 0.378 e. The van der Waals surface area contributed by atoms with E-state index in [1.54, 1.807) is 6.07 Å². The molecule has 0 amide bonds. The summed E-state index contributed by atoms with van der Waals surface area (Å²) in [6.07, 6.45) is 0. The summed E-state index contributed by atoms with van der Waals surface area (Å²) in [6.45, 7) is 2.37. The van der Waals surface area contributed by atoms with Crippen LogP contribution in [0.5, 0.6) is 0 Å². The average molecular weight is 292 g/mol. The van der Waals surface area contributed by atoms with Crippen molar-refractivity contribution in [3.63, 3.8) is 0 Å². The first kappa shape index (κ1) is 11.7. The van der Waals surface area contributed by atoms with Gasteiger partial charge in [0.15, 0.2) is 0 Å². The monoisotopic (exact) mass is 291 g/mol. The molecular weight excluding hydrogens is 282 g/mol. The van der Waals surface area contributed by atoms with Crippen LogP contribution in [0.1, 0.15) is 17.0 Å². The number of aryl methyl sites for hydroxylation is 1. The van der Waals surface area contributed by atoms with Crippen LogP contribution in [0.25, 0.3) is 0 Å². The molecule has 17 heavy (non-hydrogen) atoms. The molecule has 2 aromatic rings. The highest BCUT2D eigenvalue weighted by Gasteiger charge is 2.04. The summed E-state index contributed by atoms with van der Waals surface area (Å²) in [5.74, 6) is 0.775. The second kappa shape index (κ2) is 5.02. The molecule has 5 heteroatoms. The van der Waals surface area contributed by atoms with E-state index in [-0.39, 0.29) is 0 Å². The Hall–Kier alpha value is -1.80. The van der Waals surface area contributed by atoms with Crippen LogP contribution in [0.15, 0.2) is 33.3 Å². The molecule has 0 radical (unpaired) electrons. The van der Waals surface area contributed by atoms with E-state index in [1.165, 1.54) is 0 Å². The van der Waals surface area contributed by atoms with Gasteiger partial charge in [0.2, 0.25) is 0 Å². The molecule has 0 aliphatic carbocycles. The molecule has 1 aromatic heterocycles. The van der Waals surface area contributed by atoms with Gasteiger partial charge in [-0.3, -0.25) is 0 Å². The third-order valence-corrected chi connectivity index (χ3v) is 2.73. The van der Waals surface area contributed by atoms with E-state index >= 15 is 0 Å². The van der Waals surface area contributed by atoms with E-state index in [0.29, 0.717) is 12.1 Å². The normalized spacial score (nSPS) is 9.94. The molecule has 0 aliphatic rings. The Morgan fingerprint density at radius 2 is 2.29 bits per heavy atom. The summed E-state index contributed by atoms with van der Waals surface area (Å²) in [5.41, 5.74) is 2.20. The molecule has 0 unspecified atom stereocenters. The fourth-order valence-corrected chi connectivity index (χ4v) is 1.81. The maximum atomic E-state index is 8.97. The van der Waals surface area contributed by atoms with Gasteiger partial charge in [0, 0.05) is 10.5 Å². The lowest BCUT2D eigenvalue weighted by Crippen LogP contribution is -2.01. The van der Waals surface area contributed by atoms with Crippen LogP contribution in [0.3, 0.4) is 0 Å². The van der Waals surface area contributed by atoms with E-state index in [0.717, 1.165) is 21.6 Å². The van der Waals surface area contributed by atoms with Crippen LogP contribution in [0.4, 0.5) is 5.69 Å². The first-order valence-electron chi connectivity index (χ1n) is 5.05. The lowest BCUT2D eigenvalue weighted by molar-refractivity contribution is 0.391. The molecule has 1 N–H and O–H groups in total.